The zero-order valence-electron chi connectivity index (χ0n) is 16.3. The van der Waals surface area contributed by atoms with E-state index < -0.39 is 68.4 Å². The molecule has 0 unspecified atom stereocenters. The predicted molar refractivity (Wildman–Crippen MR) is 101 cm³/mol. The van der Waals surface area contributed by atoms with Crippen molar-refractivity contribution in [2.24, 2.45) is 17.1 Å². The summed E-state index contributed by atoms with van der Waals surface area (Å²) < 4.78 is 0. The molecule has 0 heterocycles. The normalized spacial score (nSPS) is 35.7. The van der Waals surface area contributed by atoms with Gasteiger partial charge in [0, 0.05) is 17.8 Å². The summed E-state index contributed by atoms with van der Waals surface area (Å²) in [6.45, 7) is 2.91. The number of hydrogen-bond acceptors (Lipinski definition) is 8. The monoisotopic (exact) mass is 415 g/mol. The number of allylic oxidation sites excluding steroid dienone is 1. The van der Waals surface area contributed by atoms with Crippen molar-refractivity contribution in [1.29, 1.82) is 0 Å². The number of phenols is 1. The van der Waals surface area contributed by atoms with Gasteiger partial charge in [-0.1, -0.05) is 19.1 Å². The number of ketones is 2. The van der Waals surface area contributed by atoms with E-state index in [1.807, 2.05) is 0 Å². The Bertz CT molecular complexity index is 1110. The third kappa shape index (κ3) is 2.06. The molecule has 3 aliphatic carbocycles. The maximum absolute atomic E-state index is 13.3. The highest BCUT2D eigenvalue weighted by Crippen LogP contribution is 2.62. The molecule has 30 heavy (non-hydrogen) atoms. The number of aliphatic hydroxyl groups is 4. The molecular weight excluding hydrogens is 394 g/mol. The molecule has 0 spiro atoms. The number of rotatable bonds is 1. The highest BCUT2D eigenvalue weighted by molar-refractivity contribution is 6.24. The maximum Gasteiger partial charge on any atom is 0.255 e. The van der Waals surface area contributed by atoms with Gasteiger partial charge in [0.05, 0.1) is 16.7 Å². The molecule has 158 valence electrons. The lowest BCUT2D eigenvalue weighted by Crippen LogP contribution is -2.62. The van der Waals surface area contributed by atoms with Crippen LogP contribution in [0.25, 0.3) is 0 Å². The van der Waals surface area contributed by atoms with Crippen molar-refractivity contribution in [1.82, 2.24) is 0 Å². The van der Waals surface area contributed by atoms with Gasteiger partial charge in [-0.15, -0.1) is 0 Å². The second kappa shape index (κ2) is 5.71. The number of carbonyl (C=O) groups excluding carboxylic acids is 3. The highest BCUT2D eigenvalue weighted by atomic mass is 16.3. The lowest BCUT2D eigenvalue weighted by atomic mass is 9.50. The molecule has 0 bridgehead atoms. The van der Waals surface area contributed by atoms with Gasteiger partial charge >= 0.3 is 0 Å². The van der Waals surface area contributed by atoms with E-state index in [9.17, 15) is 39.9 Å². The van der Waals surface area contributed by atoms with Gasteiger partial charge in [-0.3, -0.25) is 14.4 Å². The summed E-state index contributed by atoms with van der Waals surface area (Å²) >= 11 is 0. The first-order chi connectivity index (χ1) is 13.8. The minimum Gasteiger partial charge on any atom is -0.511 e. The fourth-order valence-corrected chi connectivity index (χ4v) is 5.22. The van der Waals surface area contributed by atoms with Crippen LogP contribution in [0.4, 0.5) is 0 Å². The average molecular weight is 415 g/mol. The van der Waals surface area contributed by atoms with E-state index >= 15 is 0 Å². The standard InChI is InChI=1S/C21H21NO8/c1-19-7-8-6-11(24)13(18(22)28)16(26)21(8,30)17(27)14(19)15(25)12-9(20(19,2)29)4-3-5-10(12)23/h3-5,8,23-24,27,29-30H,6-7H2,1-2H3,(H2,22,28)/t8-,19+,20-,21-/m1/s1. The second-order valence-electron chi connectivity index (χ2n) is 8.54. The minimum absolute atomic E-state index is 0.136. The molecule has 1 aromatic rings. The van der Waals surface area contributed by atoms with Crippen molar-refractivity contribution in [2.45, 2.75) is 37.9 Å². The number of aromatic hydroxyl groups is 1. The highest BCUT2D eigenvalue weighted by Gasteiger charge is 2.67. The van der Waals surface area contributed by atoms with Crippen molar-refractivity contribution in [3.63, 3.8) is 0 Å². The molecule has 4 rings (SSSR count). The van der Waals surface area contributed by atoms with Crippen LogP contribution in [0.3, 0.4) is 0 Å². The van der Waals surface area contributed by atoms with Crippen LogP contribution < -0.4 is 5.73 Å². The van der Waals surface area contributed by atoms with Crippen molar-refractivity contribution in [3.8, 4) is 5.75 Å². The molecule has 0 saturated heterocycles. The summed E-state index contributed by atoms with van der Waals surface area (Å²) in [7, 11) is 0. The fraction of sp³-hybridized carbons (Fsp3) is 0.381. The van der Waals surface area contributed by atoms with E-state index in [-0.39, 0.29) is 24.0 Å². The number of aliphatic hydroxyl groups excluding tert-OH is 2. The van der Waals surface area contributed by atoms with Gasteiger partial charge < -0.3 is 31.3 Å². The molecule has 0 aromatic heterocycles. The van der Waals surface area contributed by atoms with Crippen LogP contribution in [0.1, 0.15) is 42.6 Å². The van der Waals surface area contributed by atoms with E-state index in [1.165, 1.54) is 32.0 Å². The first-order valence-corrected chi connectivity index (χ1v) is 9.33. The Morgan fingerprint density at radius 3 is 2.37 bits per heavy atom. The van der Waals surface area contributed by atoms with Gasteiger partial charge in [0.25, 0.3) is 5.91 Å². The van der Waals surface area contributed by atoms with Crippen molar-refractivity contribution < 1.29 is 39.9 Å². The van der Waals surface area contributed by atoms with E-state index in [2.05, 4.69) is 0 Å². The lowest BCUT2D eigenvalue weighted by Gasteiger charge is -2.55. The van der Waals surface area contributed by atoms with Crippen LogP contribution in [0.15, 0.2) is 40.9 Å². The number of carbonyl (C=O) groups is 3. The fourth-order valence-electron chi connectivity index (χ4n) is 5.22. The van der Waals surface area contributed by atoms with Crippen molar-refractivity contribution in [3.05, 3.63) is 52.0 Å². The maximum atomic E-state index is 13.3. The molecule has 9 nitrogen and oxygen atoms in total. The lowest BCUT2D eigenvalue weighted by molar-refractivity contribution is -0.152. The van der Waals surface area contributed by atoms with Gasteiger partial charge in [0.1, 0.15) is 22.8 Å². The van der Waals surface area contributed by atoms with Gasteiger partial charge in [-0.25, -0.2) is 0 Å². The Balaban J connectivity index is 2.05. The second-order valence-corrected chi connectivity index (χ2v) is 8.54. The SMILES string of the molecule is C[C@]12C[C@H]3CC(O)=C(C(N)=O)C(=O)[C@@]3(O)C(O)=C1C(=O)c1c(O)cccc1[C@@]2(C)O. The number of hydrogen-bond donors (Lipinski definition) is 6. The average Bonchev–Trinajstić information content (AvgIpc) is 2.63. The number of fused-ring (bicyclic) bond motifs is 3. The minimum atomic E-state index is -2.68. The van der Waals surface area contributed by atoms with Crippen LogP contribution in [-0.4, -0.2) is 48.6 Å². The zero-order chi connectivity index (χ0) is 22.4. The summed E-state index contributed by atoms with van der Waals surface area (Å²) in [6.07, 6.45) is -0.552. The van der Waals surface area contributed by atoms with Crippen LogP contribution in [0.2, 0.25) is 0 Å². The molecule has 7 N–H and O–H groups in total. The van der Waals surface area contributed by atoms with Crippen LogP contribution in [0, 0.1) is 11.3 Å². The summed E-state index contributed by atoms with van der Waals surface area (Å²) in [5.74, 6) is -6.65. The quantitative estimate of drug-likeness (QED) is 0.362. The van der Waals surface area contributed by atoms with E-state index in [0.29, 0.717) is 0 Å². The molecule has 3 aliphatic rings. The summed E-state index contributed by atoms with van der Waals surface area (Å²) in [4.78, 5) is 37.9. The first-order valence-electron chi connectivity index (χ1n) is 9.33. The van der Waals surface area contributed by atoms with Gasteiger partial charge in [0.15, 0.2) is 11.4 Å². The summed E-state index contributed by atoms with van der Waals surface area (Å²) in [5, 5.41) is 54.2. The number of phenolic OH excluding ortho intramolecular Hbond substituents is 1. The Morgan fingerprint density at radius 1 is 1.13 bits per heavy atom. The number of nitrogens with two attached hydrogens (primary N) is 1. The largest absolute Gasteiger partial charge is 0.511 e. The Hall–Kier alpha value is -3.17. The molecule has 0 saturated carbocycles. The molecule has 1 amide bonds. The number of amides is 1. The third-order valence-corrected chi connectivity index (χ3v) is 7.04. The number of primary amides is 1. The molecule has 1 aromatic carbocycles. The molecule has 4 atom stereocenters. The van der Waals surface area contributed by atoms with Crippen LogP contribution >= 0.6 is 0 Å². The molecule has 0 fully saturated rings. The van der Waals surface area contributed by atoms with E-state index in [4.69, 9.17) is 5.73 Å². The third-order valence-electron chi connectivity index (χ3n) is 7.04. The van der Waals surface area contributed by atoms with Gasteiger partial charge in [-0.2, -0.15) is 0 Å². The topological polar surface area (TPSA) is 178 Å². The molecule has 0 aliphatic heterocycles. The zero-order valence-corrected chi connectivity index (χ0v) is 16.3. The molecule has 0 radical (unpaired) electrons. The Morgan fingerprint density at radius 2 is 1.77 bits per heavy atom. The van der Waals surface area contributed by atoms with E-state index in [1.54, 1.807) is 0 Å². The van der Waals surface area contributed by atoms with E-state index in [0.717, 1.165) is 0 Å². The van der Waals surface area contributed by atoms with Crippen LogP contribution in [-0.2, 0) is 15.2 Å². The number of Topliss-reactive ketones (excluding diaryl/α,β-unsaturated/α-hetero) is 2. The smallest absolute Gasteiger partial charge is 0.255 e. The Kier molecular flexibility index (Phi) is 3.83. The Labute approximate surface area is 170 Å². The summed E-state index contributed by atoms with van der Waals surface area (Å²) in [6, 6.07) is 4.18. The summed E-state index contributed by atoms with van der Waals surface area (Å²) in [5.41, 5.74) is -2.17. The van der Waals surface area contributed by atoms with Crippen LogP contribution in [0.5, 0.6) is 5.75 Å². The molecular formula is C21H21NO8. The van der Waals surface area contributed by atoms with Crippen molar-refractivity contribution >= 4 is 17.5 Å². The van der Waals surface area contributed by atoms with Gasteiger partial charge in [-0.05, 0) is 25.0 Å². The molecule has 9 heteroatoms. The first kappa shape index (κ1) is 20.1. The van der Waals surface area contributed by atoms with Gasteiger partial charge in [0.2, 0.25) is 5.78 Å². The predicted octanol–water partition coefficient (Wildman–Crippen LogP) is 0.636. The van der Waals surface area contributed by atoms with Crippen molar-refractivity contribution in [2.75, 3.05) is 0 Å². The number of benzene rings is 1.